The van der Waals surface area contributed by atoms with Crippen LogP contribution in [0.3, 0.4) is 0 Å². The number of aliphatic imine (C=N–C) groups is 1. The third-order valence-electron chi connectivity index (χ3n) is 4.82. The number of alkyl halides is 3. The predicted molar refractivity (Wildman–Crippen MR) is 106 cm³/mol. The molecule has 0 bridgehead atoms. The number of amides is 1. The normalized spacial score (nSPS) is 24.1. The van der Waals surface area contributed by atoms with Crippen molar-refractivity contribution in [3.05, 3.63) is 0 Å². The van der Waals surface area contributed by atoms with Crippen LogP contribution in [-0.4, -0.2) is 85.5 Å². The first-order valence-corrected chi connectivity index (χ1v) is 10.3. The van der Waals surface area contributed by atoms with Crippen LogP contribution in [0.2, 0.25) is 0 Å². The van der Waals surface area contributed by atoms with E-state index >= 15 is 0 Å². The molecule has 1 amide bonds. The topological polar surface area (TPSA) is 69.2 Å². The number of carbonyl (C=O) groups is 1. The van der Waals surface area contributed by atoms with Crippen molar-refractivity contribution in [1.82, 2.24) is 20.4 Å². The van der Waals surface area contributed by atoms with E-state index in [9.17, 15) is 18.0 Å². The molecular formula is C19H34F3N5O2. The lowest BCUT2D eigenvalue weighted by Gasteiger charge is -2.24. The number of hydrogen-bond acceptors (Lipinski definition) is 4. The summed E-state index contributed by atoms with van der Waals surface area (Å²) in [5, 5.41) is 6.14. The van der Waals surface area contributed by atoms with E-state index in [0.717, 1.165) is 25.3 Å². The van der Waals surface area contributed by atoms with Crippen molar-refractivity contribution in [2.45, 2.75) is 58.4 Å². The summed E-state index contributed by atoms with van der Waals surface area (Å²) in [6, 6.07) is -0.0255. The lowest BCUT2D eigenvalue weighted by Crippen LogP contribution is -2.44. The Hall–Kier alpha value is -1.71. The van der Waals surface area contributed by atoms with E-state index in [-0.39, 0.29) is 12.0 Å². The molecule has 2 fully saturated rings. The summed E-state index contributed by atoms with van der Waals surface area (Å²) in [4.78, 5) is 20.2. The summed E-state index contributed by atoms with van der Waals surface area (Å²) in [7, 11) is 0. The smallest absolute Gasteiger partial charge is 0.407 e. The zero-order valence-electron chi connectivity index (χ0n) is 17.8. The minimum Gasteiger partial charge on any atom is -0.444 e. The molecule has 168 valence electrons. The summed E-state index contributed by atoms with van der Waals surface area (Å²) >= 11 is 0. The van der Waals surface area contributed by atoms with Gasteiger partial charge in [-0.3, -0.25) is 9.89 Å². The molecule has 2 aliphatic rings. The summed E-state index contributed by atoms with van der Waals surface area (Å²) in [5.74, 6) is 0.875. The molecule has 0 aromatic rings. The Morgan fingerprint density at radius 2 is 1.90 bits per heavy atom. The molecule has 29 heavy (non-hydrogen) atoms. The van der Waals surface area contributed by atoms with Gasteiger partial charge in [-0.2, -0.15) is 13.2 Å². The van der Waals surface area contributed by atoms with E-state index in [0.29, 0.717) is 32.7 Å². The van der Waals surface area contributed by atoms with Crippen molar-refractivity contribution >= 4 is 12.1 Å². The van der Waals surface area contributed by atoms with Crippen LogP contribution in [0, 0.1) is 5.92 Å². The maximum Gasteiger partial charge on any atom is 0.407 e. The van der Waals surface area contributed by atoms with Gasteiger partial charge >= 0.3 is 12.3 Å². The van der Waals surface area contributed by atoms with Gasteiger partial charge in [0.25, 0.3) is 0 Å². The van der Waals surface area contributed by atoms with Gasteiger partial charge in [0.1, 0.15) is 5.60 Å². The van der Waals surface area contributed by atoms with E-state index in [1.807, 2.05) is 27.7 Å². The summed E-state index contributed by atoms with van der Waals surface area (Å²) in [6.07, 6.45) is -3.07. The number of hydrogen-bond donors (Lipinski definition) is 2. The number of nitrogens with zero attached hydrogens (tertiary/aromatic N) is 3. The van der Waals surface area contributed by atoms with E-state index in [4.69, 9.17) is 4.74 Å². The molecule has 0 saturated carbocycles. The van der Waals surface area contributed by atoms with E-state index in [2.05, 4.69) is 20.5 Å². The molecule has 2 saturated heterocycles. The second-order valence-electron chi connectivity index (χ2n) is 8.78. The van der Waals surface area contributed by atoms with Crippen LogP contribution >= 0.6 is 0 Å². The number of likely N-dealkylation sites (tertiary alicyclic amines) is 2. The lowest BCUT2D eigenvalue weighted by molar-refractivity contribution is -0.143. The number of halogens is 3. The van der Waals surface area contributed by atoms with Gasteiger partial charge in [-0.05, 0) is 53.0 Å². The molecule has 0 aromatic carbocycles. The Kier molecular flexibility index (Phi) is 8.02. The Morgan fingerprint density at radius 3 is 2.52 bits per heavy atom. The van der Waals surface area contributed by atoms with Gasteiger partial charge in [-0.15, -0.1) is 0 Å². The molecule has 2 aliphatic heterocycles. The van der Waals surface area contributed by atoms with E-state index in [1.54, 1.807) is 0 Å². The zero-order chi connectivity index (χ0) is 21.7. The highest BCUT2D eigenvalue weighted by Gasteiger charge is 2.34. The molecule has 7 nitrogen and oxygen atoms in total. The molecule has 0 spiro atoms. The Bertz CT molecular complexity index is 577. The van der Waals surface area contributed by atoms with Crippen LogP contribution in [0.1, 0.15) is 40.5 Å². The first-order chi connectivity index (χ1) is 13.4. The Balaban J connectivity index is 1.84. The maximum atomic E-state index is 12.5. The molecule has 0 aliphatic carbocycles. The van der Waals surface area contributed by atoms with Gasteiger partial charge in [0.05, 0.1) is 12.6 Å². The molecule has 2 N–H and O–H groups in total. The van der Waals surface area contributed by atoms with E-state index in [1.165, 1.54) is 4.90 Å². The average molecular weight is 422 g/mol. The summed E-state index contributed by atoms with van der Waals surface area (Å²) in [6.45, 7) is 10.0. The number of guanidine groups is 1. The van der Waals surface area contributed by atoms with E-state index < -0.39 is 24.4 Å². The standard InChI is InChI=1S/C19H34F3N5O2/c1-5-23-16(24-10-14-6-8-26(11-14)13-19(20,21)22)27-9-7-15(12-27)25-17(28)29-18(2,3)4/h14-15H,5-13H2,1-4H3,(H,23,24)(H,25,28). The predicted octanol–water partition coefficient (Wildman–Crippen LogP) is 2.44. The zero-order valence-corrected chi connectivity index (χ0v) is 17.8. The number of rotatable bonds is 5. The van der Waals surface area contributed by atoms with Crippen LogP contribution in [-0.2, 0) is 4.74 Å². The summed E-state index contributed by atoms with van der Waals surface area (Å²) < 4.78 is 42.9. The van der Waals surface area contributed by atoms with Crippen molar-refractivity contribution in [3.63, 3.8) is 0 Å². The van der Waals surface area contributed by atoms with Crippen LogP contribution in [0.25, 0.3) is 0 Å². The van der Waals surface area contributed by atoms with Crippen molar-refractivity contribution in [1.29, 1.82) is 0 Å². The Labute approximate surface area is 171 Å². The van der Waals surface area contributed by atoms with Crippen LogP contribution in [0.5, 0.6) is 0 Å². The largest absolute Gasteiger partial charge is 0.444 e. The van der Waals surface area contributed by atoms with Crippen molar-refractivity contribution in [2.75, 3.05) is 45.8 Å². The average Bonchev–Trinajstić information content (AvgIpc) is 3.17. The molecule has 2 heterocycles. The van der Waals surface area contributed by atoms with Crippen molar-refractivity contribution < 1.29 is 22.7 Å². The molecule has 2 unspecified atom stereocenters. The molecule has 2 rings (SSSR count). The number of ether oxygens (including phenoxy) is 1. The highest BCUT2D eigenvalue weighted by atomic mass is 19.4. The molecule has 2 atom stereocenters. The molecule has 10 heteroatoms. The quantitative estimate of drug-likeness (QED) is 0.527. The van der Waals surface area contributed by atoms with Crippen molar-refractivity contribution in [2.24, 2.45) is 10.9 Å². The van der Waals surface area contributed by atoms with Gasteiger partial charge in [0, 0.05) is 32.7 Å². The number of alkyl carbamates (subject to hydrolysis) is 1. The lowest BCUT2D eigenvalue weighted by atomic mass is 10.1. The van der Waals surface area contributed by atoms with Gasteiger partial charge < -0.3 is 20.3 Å². The fourth-order valence-corrected chi connectivity index (χ4v) is 3.65. The van der Waals surface area contributed by atoms with Gasteiger partial charge in [0.2, 0.25) is 0 Å². The summed E-state index contributed by atoms with van der Waals surface area (Å²) in [5.41, 5.74) is -0.542. The highest BCUT2D eigenvalue weighted by Crippen LogP contribution is 2.23. The Morgan fingerprint density at radius 1 is 1.17 bits per heavy atom. The SMILES string of the molecule is CCNC(=NCC1CCN(CC(F)(F)F)C1)N1CCC(NC(=O)OC(C)(C)C)C1. The minimum atomic E-state index is -4.15. The van der Waals surface area contributed by atoms with Gasteiger partial charge in [0.15, 0.2) is 5.96 Å². The van der Waals surface area contributed by atoms with Crippen LogP contribution in [0.15, 0.2) is 4.99 Å². The highest BCUT2D eigenvalue weighted by molar-refractivity contribution is 5.80. The third-order valence-corrected chi connectivity index (χ3v) is 4.82. The first-order valence-electron chi connectivity index (χ1n) is 10.3. The molecular weight excluding hydrogens is 387 g/mol. The van der Waals surface area contributed by atoms with Gasteiger partial charge in [-0.25, -0.2) is 4.79 Å². The first kappa shape index (κ1) is 23.6. The van der Waals surface area contributed by atoms with Crippen LogP contribution < -0.4 is 10.6 Å². The second kappa shape index (κ2) is 9.86. The minimum absolute atomic E-state index is 0.0255. The van der Waals surface area contributed by atoms with Crippen LogP contribution in [0.4, 0.5) is 18.0 Å². The second-order valence-corrected chi connectivity index (χ2v) is 8.78. The third kappa shape index (κ3) is 8.67. The fourth-order valence-electron chi connectivity index (χ4n) is 3.65. The molecule has 0 aromatic heterocycles. The maximum absolute atomic E-state index is 12.5. The van der Waals surface area contributed by atoms with Crippen molar-refractivity contribution in [3.8, 4) is 0 Å². The molecule has 0 radical (unpaired) electrons. The monoisotopic (exact) mass is 421 g/mol. The number of carbonyl (C=O) groups excluding carboxylic acids is 1. The van der Waals surface area contributed by atoms with Gasteiger partial charge in [-0.1, -0.05) is 0 Å². The number of nitrogens with one attached hydrogen (secondary N) is 2. The fraction of sp³-hybridized carbons (Fsp3) is 0.895.